The van der Waals surface area contributed by atoms with Crippen molar-refractivity contribution < 1.29 is 13.9 Å². The van der Waals surface area contributed by atoms with Gasteiger partial charge in [-0.05, 0) is 63.3 Å². The summed E-state index contributed by atoms with van der Waals surface area (Å²) in [6, 6.07) is 7.55. The number of nitrogens with zero attached hydrogens (tertiary/aromatic N) is 4. The van der Waals surface area contributed by atoms with E-state index < -0.39 is 5.82 Å². The van der Waals surface area contributed by atoms with E-state index in [0.717, 1.165) is 61.9 Å². The van der Waals surface area contributed by atoms with Crippen LogP contribution in [0.5, 0.6) is 5.75 Å². The number of carbonyl (C=O) groups is 1. The molecule has 1 aromatic carbocycles. The van der Waals surface area contributed by atoms with Gasteiger partial charge in [0, 0.05) is 41.4 Å². The minimum Gasteiger partial charge on any atom is -0.486 e. The molecule has 0 bridgehead atoms. The van der Waals surface area contributed by atoms with Gasteiger partial charge in [0.2, 0.25) is 0 Å². The fraction of sp³-hybridized carbons (Fsp3) is 0.464. The van der Waals surface area contributed by atoms with Crippen LogP contribution < -0.4 is 4.74 Å². The van der Waals surface area contributed by atoms with Gasteiger partial charge < -0.3 is 9.64 Å². The van der Waals surface area contributed by atoms with Gasteiger partial charge in [-0.1, -0.05) is 25.3 Å². The van der Waals surface area contributed by atoms with E-state index in [1.807, 2.05) is 34.5 Å². The second-order valence-electron chi connectivity index (χ2n) is 10.3. The van der Waals surface area contributed by atoms with E-state index in [1.165, 1.54) is 6.42 Å². The number of fused-ring (bicyclic) bond motifs is 2. The molecule has 2 fully saturated rings. The first kappa shape index (κ1) is 22.3. The van der Waals surface area contributed by atoms with Crippen LogP contribution in [0.15, 0.2) is 29.8 Å². The first-order chi connectivity index (χ1) is 17.0. The number of aromatic nitrogens is 3. The number of carbonyl (C=O) groups excluding carboxylic acids is 1. The normalized spacial score (nSPS) is 20.6. The van der Waals surface area contributed by atoms with Crippen LogP contribution in [-0.2, 0) is 0 Å². The van der Waals surface area contributed by atoms with E-state index in [0.29, 0.717) is 35.1 Å². The molecule has 4 heterocycles. The molecule has 3 aromatic rings. The zero-order valence-corrected chi connectivity index (χ0v) is 20.4. The Kier molecular flexibility index (Phi) is 5.58. The molecule has 1 aliphatic carbocycles. The first-order valence-corrected chi connectivity index (χ1v) is 12.8. The van der Waals surface area contributed by atoms with Gasteiger partial charge in [0.05, 0.1) is 5.69 Å². The monoisotopic (exact) mass is 474 g/mol. The number of hydrogen-bond acceptors (Lipinski definition) is 4. The summed E-state index contributed by atoms with van der Waals surface area (Å²) in [5.41, 5.74) is 4.73. The summed E-state index contributed by atoms with van der Waals surface area (Å²) in [7, 11) is 0. The summed E-state index contributed by atoms with van der Waals surface area (Å²) in [6.07, 6.45) is 9.61. The smallest absolute Gasteiger partial charge is 0.272 e. The highest BCUT2D eigenvalue weighted by Crippen LogP contribution is 2.39. The summed E-state index contributed by atoms with van der Waals surface area (Å²) in [5.74, 6) is 0.185. The van der Waals surface area contributed by atoms with Crippen molar-refractivity contribution in [2.24, 2.45) is 0 Å². The van der Waals surface area contributed by atoms with Crippen LogP contribution in [0.2, 0.25) is 0 Å². The predicted molar refractivity (Wildman–Crippen MR) is 133 cm³/mol. The van der Waals surface area contributed by atoms with Crippen LogP contribution in [0.3, 0.4) is 0 Å². The number of hydrogen-bond donors (Lipinski definition) is 0. The highest BCUT2D eigenvalue weighted by Gasteiger charge is 2.29. The number of amides is 1. The molecule has 2 aliphatic heterocycles. The Hall–Kier alpha value is -3.22. The molecule has 7 heteroatoms. The lowest BCUT2D eigenvalue weighted by Crippen LogP contribution is -2.38. The van der Waals surface area contributed by atoms with Gasteiger partial charge in [-0.3, -0.25) is 4.79 Å². The number of halogens is 1. The van der Waals surface area contributed by atoms with Crippen molar-refractivity contribution in [1.82, 2.24) is 19.5 Å². The van der Waals surface area contributed by atoms with Gasteiger partial charge in [-0.2, -0.15) is 5.10 Å². The van der Waals surface area contributed by atoms with E-state index in [2.05, 4.69) is 6.92 Å². The SMILES string of the molecule is CC1=Cc2ccc(-c3cc4nc(C(=O)N5CCCCCC5C)cc(C5CCC5)n4n3)c(F)c2OC1. The third-order valence-corrected chi connectivity index (χ3v) is 7.76. The minimum atomic E-state index is -0.408. The molecular weight excluding hydrogens is 443 g/mol. The van der Waals surface area contributed by atoms with Crippen LogP contribution in [0.25, 0.3) is 23.0 Å². The molecule has 1 unspecified atom stereocenters. The maximum absolute atomic E-state index is 15.5. The van der Waals surface area contributed by atoms with Crippen molar-refractivity contribution in [3.63, 3.8) is 0 Å². The van der Waals surface area contributed by atoms with E-state index in [9.17, 15) is 4.79 Å². The maximum atomic E-state index is 15.5. The lowest BCUT2D eigenvalue weighted by molar-refractivity contribution is 0.0691. The van der Waals surface area contributed by atoms with Crippen LogP contribution in [-0.4, -0.2) is 44.6 Å². The van der Waals surface area contributed by atoms with Crippen LogP contribution >= 0.6 is 0 Å². The molecule has 6 rings (SSSR count). The molecule has 0 radical (unpaired) electrons. The van der Waals surface area contributed by atoms with E-state index >= 15 is 4.39 Å². The molecule has 1 saturated heterocycles. The molecule has 1 saturated carbocycles. The molecule has 6 nitrogen and oxygen atoms in total. The van der Waals surface area contributed by atoms with E-state index in [1.54, 1.807) is 12.1 Å². The van der Waals surface area contributed by atoms with Gasteiger partial charge in [0.25, 0.3) is 5.91 Å². The minimum absolute atomic E-state index is 0.0132. The third kappa shape index (κ3) is 3.91. The molecule has 1 amide bonds. The number of ether oxygens (including phenoxy) is 1. The Morgan fingerprint density at radius 1 is 1.11 bits per heavy atom. The van der Waals surface area contributed by atoms with Gasteiger partial charge >= 0.3 is 0 Å². The van der Waals surface area contributed by atoms with Crippen LogP contribution in [0, 0.1) is 5.82 Å². The van der Waals surface area contributed by atoms with Crippen molar-refractivity contribution in [2.45, 2.75) is 70.8 Å². The fourth-order valence-corrected chi connectivity index (χ4v) is 5.48. The lowest BCUT2D eigenvalue weighted by atomic mass is 9.82. The van der Waals surface area contributed by atoms with E-state index in [4.69, 9.17) is 14.8 Å². The summed E-state index contributed by atoms with van der Waals surface area (Å²) in [4.78, 5) is 20.3. The van der Waals surface area contributed by atoms with Crippen molar-refractivity contribution in [3.8, 4) is 17.0 Å². The van der Waals surface area contributed by atoms with Gasteiger partial charge in [0.15, 0.2) is 17.2 Å². The quantitative estimate of drug-likeness (QED) is 0.467. The zero-order valence-electron chi connectivity index (χ0n) is 20.4. The molecule has 3 aliphatic rings. The Balaban J connectivity index is 1.43. The molecule has 0 N–H and O–H groups in total. The lowest BCUT2D eigenvalue weighted by Gasteiger charge is -2.29. The number of benzene rings is 1. The topological polar surface area (TPSA) is 59.7 Å². The summed E-state index contributed by atoms with van der Waals surface area (Å²) >= 11 is 0. The Bertz CT molecular complexity index is 1340. The highest BCUT2D eigenvalue weighted by atomic mass is 19.1. The second kappa shape index (κ2) is 8.77. The largest absolute Gasteiger partial charge is 0.486 e. The van der Waals surface area contributed by atoms with Gasteiger partial charge in [0.1, 0.15) is 12.3 Å². The van der Waals surface area contributed by atoms with E-state index in [-0.39, 0.29) is 17.7 Å². The number of likely N-dealkylation sites (tertiary alicyclic amines) is 1. The standard InChI is InChI=1S/C28H31FN4O2/c1-17-13-20-10-11-21(26(29)27(20)35-16-17)22-15-25-30-23(14-24(33(25)31-22)19-8-6-9-19)28(34)32-12-5-3-4-7-18(32)2/h10-11,13-15,18-19H,3-9,12,16H2,1-2H3. The molecule has 1 atom stereocenters. The molecule has 0 spiro atoms. The Morgan fingerprint density at radius 2 is 1.97 bits per heavy atom. The second-order valence-corrected chi connectivity index (χ2v) is 10.3. The van der Waals surface area contributed by atoms with Gasteiger partial charge in [-0.25, -0.2) is 13.9 Å². The molecular formula is C28H31FN4O2. The van der Waals surface area contributed by atoms with Gasteiger partial charge in [-0.15, -0.1) is 0 Å². The first-order valence-electron chi connectivity index (χ1n) is 12.8. The number of rotatable bonds is 3. The van der Waals surface area contributed by atoms with Crippen molar-refractivity contribution in [1.29, 1.82) is 0 Å². The molecule has 2 aromatic heterocycles. The highest BCUT2D eigenvalue weighted by molar-refractivity contribution is 5.93. The Morgan fingerprint density at radius 3 is 2.77 bits per heavy atom. The van der Waals surface area contributed by atoms with Crippen molar-refractivity contribution in [2.75, 3.05) is 13.2 Å². The average molecular weight is 475 g/mol. The summed E-state index contributed by atoms with van der Waals surface area (Å²) < 4.78 is 23.0. The third-order valence-electron chi connectivity index (χ3n) is 7.76. The van der Waals surface area contributed by atoms with Crippen molar-refractivity contribution >= 4 is 17.6 Å². The fourth-order valence-electron chi connectivity index (χ4n) is 5.48. The van der Waals surface area contributed by atoms with Crippen LogP contribution in [0.4, 0.5) is 4.39 Å². The Labute approximate surface area is 204 Å². The summed E-state index contributed by atoms with van der Waals surface area (Å²) in [5, 5.41) is 4.77. The summed E-state index contributed by atoms with van der Waals surface area (Å²) in [6.45, 7) is 5.25. The average Bonchev–Trinajstić information content (AvgIpc) is 3.12. The molecule has 35 heavy (non-hydrogen) atoms. The maximum Gasteiger partial charge on any atom is 0.272 e. The van der Waals surface area contributed by atoms with Crippen LogP contribution in [0.1, 0.15) is 86.5 Å². The van der Waals surface area contributed by atoms with Crippen molar-refractivity contribution in [3.05, 3.63) is 52.6 Å². The molecule has 182 valence electrons. The predicted octanol–water partition coefficient (Wildman–Crippen LogP) is 6.00. The zero-order chi connectivity index (χ0) is 24.1.